The molecule has 7 heteroatoms. The van der Waals surface area contributed by atoms with Gasteiger partial charge in [0.1, 0.15) is 5.16 Å². The quantitative estimate of drug-likeness (QED) is 0.594. The van der Waals surface area contributed by atoms with Crippen LogP contribution in [0.15, 0.2) is 44.8 Å². The number of imidazole rings is 1. The zero-order valence-electron chi connectivity index (χ0n) is 11.1. The molecule has 0 aromatic carbocycles. The first-order valence-corrected chi connectivity index (χ1v) is 7.52. The Balaban J connectivity index is 2.10. The summed E-state index contributed by atoms with van der Waals surface area (Å²) in [6.07, 6.45) is 8.95. The molecule has 0 amide bonds. The Morgan fingerprint density at radius 1 is 1.57 bits per heavy atom. The maximum Gasteiger partial charge on any atom is 0.359 e. The van der Waals surface area contributed by atoms with E-state index in [4.69, 9.17) is 16.3 Å². The lowest BCUT2D eigenvalue weighted by molar-refractivity contribution is 0.0520. The van der Waals surface area contributed by atoms with E-state index < -0.39 is 5.97 Å². The number of carbonyl (C=O) groups excluding carboxylic acids is 1. The molecule has 2 heterocycles. The molecule has 2 aliphatic rings. The number of esters is 1. The molecule has 0 saturated heterocycles. The van der Waals surface area contributed by atoms with Crippen molar-refractivity contribution in [3.05, 3.63) is 51.2 Å². The minimum Gasteiger partial charge on any atom is -0.461 e. The summed E-state index contributed by atoms with van der Waals surface area (Å²) in [5.41, 5.74) is 1.67. The molecule has 0 saturated carbocycles. The van der Waals surface area contributed by atoms with Crippen molar-refractivity contribution in [2.45, 2.75) is 13.0 Å². The molecule has 0 radical (unpaired) electrons. The van der Waals surface area contributed by atoms with Crippen LogP contribution in [0.1, 0.15) is 29.1 Å². The van der Waals surface area contributed by atoms with Crippen LogP contribution in [0.5, 0.6) is 0 Å². The number of hydrogen-bond donors (Lipinski definition) is 0. The molecule has 108 valence electrons. The fraction of sp³-hybridized carbons (Fsp3) is 0.214. The lowest BCUT2D eigenvalue weighted by Crippen LogP contribution is -2.14. The maximum absolute atomic E-state index is 11.9. The standard InChI is InChI=1S/C14H11BrClN3O2/c1-2-21-14(20)12-11-6-17-13(16)9-5-8(15)3-4-10(9)19(11)7-18-12/h3-7,10H,2H2,1H3. The van der Waals surface area contributed by atoms with Crippen molar-refractivity contribution in [3.63, 3.8) is 0 Å². The third-order valence-corrected chi connectivity index (χ3v) is 4.00. The first-order valence-electron chi connectivity index (χ1n) is 6.35. The van der Waals surface area contributed by atoms with Crippen molar-refractivity contribution in [2.24, 2.45) is 4.99 Å². The summed E-state index contributed by atoms with van der Waals surface area (Å²) < 4.78 is 7.78. The Bertz CT molecular complexity index is 731. The second-order valence-electron chi connectivity index (χ2n) is 4.44. The van der Waals surface area contributed by atoms with Gasteiger partial charge in [-0.25, -0.2) is 14.8 Å². The monoisotopic (exact) mass is 367 g/mol. The van der Waals surface area contributed by atoms with Crippen molar-refractivity contribution < 1.29 is 9.53 Å². The van der Waals surface area contributed by atoms with Crippen LogP contribution in [0.3, 0.4) is 0 Å². The minimum absolute atomic E-state index is 0.146. The molecule has 3 rings (SSSR count). The van der Waals surface area contributed by atoms with Crippen LogP contribution in [0.2, 0.25) is 0 Å². The van der Waals surface area contributed by atoms with Crippen molar-refractivity contribution in [1.82, 2.24) is 9.55 Å². The van der Waals surface area contributed by atoms with Gasteiger partial charge in [0.2, 0.25) is 0 Å². The number of aromatic nitrogens is 2. The molecule has 1 aliphatic carbocycles. The zero-order valence-corrected chi connectivity index (χ0v) is 13.4. The van der Waals surface area contributed by atoms with Crippen LogP contribution in [-0.2, 0) is 4.74 Å². The van der Waals surface area contributed by atoms with Crippen molar-refractivity contribution in [2.75, 3.05) is 6.61 Å². The van der Waals surface area contributed by atoms with Gasteiger partial charge in [0, 0.05) is 10.1 Å². The Labute approximate surface area is 134 Å². The predicted molar refractivity (Wildman–Crippen MR) is 83.8 cm³/mol. The Hall–Kier alpha value is -1.66. The summed E-state index contributed by atoms with van der Waals surface area (Å²) in [5, 5.41) is 0.389. The van der Waals surface area contributed by atoms with Gasteiger partial charge in [-0.15, -0.1) is 0 Å². The number of ether oxygens (including phenoxy) is 1. The van der Waals surface area contributed by atoms with E-state index in [1.54, 1.807) is 19.5 Å². The molecule has 0 N–H and O–H groups in total. The van der Waals surface area contributed by atoms with Gasteiger partial charge >= 0.3 is 5.97 Å². The molecular weight excluding hydrogens is 358 g/mol. The lowest BCUT2D eigenvalue weighted by Gasteiger charge is -2.19. The number of nitrogens with zero attached hydrogens (tertiary/aromatic N) is 3. The first kappa shape index (κ1) is 14.3. The Morgan fingerprint density at radius 3 is 3.14 bits per heavy atom. The average Bonchev–Trinajstić information content (AvgIpc) is 2.83. The molecule has 21 heavy (non-hydrogen) atoms. The number of hydrogen-bond acceptors (Lipinski definition) is 4. The van der Waals surface area contributed by atoms with E-state index in [9.17, 15) is 4.79 Å². The molecule has 1 aromatic heterocycles. The van der Waals surface area contributed by atoms with Crippen LogP contribution in [0.4, 0.5) is 0 Å². The van der Waals surface area contributed by atoms with Crippen LogP contribution in [0, 0.1) is 0 Å². The molecule has 1 aliphatic heterocycles. The molecular formula is C14H11BrClN3O2. The number of halogens is 2. The normalized spacial score (nSPS) is 19.8. The van der Waals surface area contributed by atoms with Crippen LogP contribution in [-0.4, -0.2) is 28.3 Å². The van der Waals surface area contributed by atoms with Crippen molar-refractivity contribution >= 4 is 39.7 Å². The van der Waals surface area contributed by atoms with Crippen LogP contribution in [0.25, 0.3) is 0 Å². The Morgan fingerprint density at radius 2 is 2.38 bits per heavy atom. The van der Waals surface area contributed by atoms with Gasteiger partial charge in [0.15, 0.2) is 5.69 Å². The fourth-order valence-corrected chi connectivity index (χ4v) is 2.88. The first-order chi connectivity index (χ1) is 10.1. The van der Waals surface area contributed by atoms with E-state index in [2.05, 4.69) is 25.9 Å². The fourth-order valence-electron chi connectivity index (χ4n) is 2.26. The summed E-state index contributed by atoms with van der Waals surface area (Å²) in [6.45, 7) is 2.05. The summed E-state index contributed by atoms with van der Waals surface area (Å²) >= 11 is 9.66. The lowest BCUT2D eigenvalue weighted by atomic mass is 10.0. The van der Waals surface area contributed by atoms with Crippen LogP contribution >= 0.6 is 27.5 Å². The van der Waals surface area contributed by atoms with Gasteiger partial charge in [-0.05, 0) is 19.1 Å². The molecule has 1 atom stereocenters. The highest BCUT2D eigenvalue weighted by molar-refractivity contribution is 9.11. The second-order valence-corrected chi connectivity index (χ2v) is 5.72. The third-order valence-electron chi connectivity index (χ3n) is 3.19. The minimum atomic E-state index is -0.464. The molecule has 0 fully saturated rings. The van der Waals surface area contributed by atoms with E-state index in [-0.39, 0.29) is 11.7 Å². The van der Waals surface area contributed by atoms with Gasteiger partial charge in [0.25, 0.3) is 0 Å². The Kier molecular flexibility index (Phi) is 3.82. The molecule has 0 spiro atoms. The average molecular weight is 369 g/mol. The van der Waals surface area contributed by atoms with E-state index in [1.807, 2.05) is 22.8 Å². The summed E-state index contributed by atoms with van der Waals surface area (Å²) in [5.74, 6) is -0.464. The van der Waals surface area contributed by atoms with Crippen molar-refractivity contribution in [1.29, 1.82) is 0 Å². The van der Waals surface area contributed by atoms with E-state index in [0.29, 0.717) is 17.5 Å². The molecule has 1 aromatic rings. The highest BCUT2D eigenvalue weighted by Gasteiger charge is 2.27. The van der Waals surface area contributed by atoms with E-state index in [1.165, 1.54) is 0 Å². The van der Waals surface area contributed by atoms with Gasteiger partial charge in [0.05, 0.1) is 30.9 Å². The number of allylic oxidation sites excluding steroid dienone is 5. The molecule has 1 unspecified atom stereocenters. The topological polar surface area (TPSA) is 56.5 Å². The van der Waals surface area contributed by atoms with Gasteiger partial charge in [-0.1, -0.05) is 33.6 Å². The number of fused-ring (bicyclic) bond motifs is 3. The van der Waals surface area contributed by atoms with E-state index in [0.717, 1.165) is 10.1 Å². The smallest absolute Gasteiger partial charge is 0.359 e. The third kappa shape index (κ3) is 2.49. The summed E-state index contributed by atoms with van der Waals surface area (Å²) in [7, 11) is 0. The molecule has 0 bridgehead atoms. The summed E-state index contributed by atoms with van der Waals surface area (Å²) in [6, 6.07) is -0.146. The van der Waals surface area contributed by atoms with Gasteiger partial charge < -0.3 is 9.30 Å². The van der Waals surface area contributed by atoms with Crippen molar-refractivity contribution in [3.8, 4) is 0 Å². The van der Waals surface area contributed by atoms with Crippen LogP contribution < -0.4 is 0 Å². The maximum atomic E-state index is 11.9. The number of aliphatic imine (C=N–C) groups is 1. The number of carbonyl (C=O) groups is 1. The zero-order chi connectivity index (χ0) is 15.0. The highest BCUT2D eigenvalue weighted by Crippen LogP contribution is 2.35. The molecule has 5 nitrogen and oxygen atoms in total. The largest absolute Gasteiger partial charge is 0.461 e. The van der Waals surface area contributed by atoms with E-state index >= 15 is 0 Å². The predicted octanol–water partition coefficient (Wildman–Crippen LogP) is 3.33. The SMILES string of the molecule is CCOC(=O)c1ncn2c1C=NC(Cl)=C1C=C(Br)C=CC12. The van der Waals surface area contributed by atoms with Gasteiger partial charge in [-0.3, -0.25) is 0 Å². The second kappa shape index (κ2) is 5.61. The summed E-state index contributed by atoms with van der Waals surface area (Å²) in [4.78, 5) is 20.3. The van der Waals surface area contributed by atoms with Gasteiger partial charge in [-0.2, -0.15) is 0 Å². The highest BCUT2D eigenvalue weighted by atomic mass is 79.9. The number of rotatable bonds is 2.